The third-order valence-electron chi connectivity index (χ3n) is 6.56. The normalized spacial score (nSPS) is 24.8. The number of carbonyl (C=O) groups excluding carboxylic acids is 1. The van der Waals surface area contributed by atoms with Crippen molar-refractivity contribution in [2.45, 2.75) is 44.6 Å². The second-order valence-electron chi connectivity index (χ2n) is 8.76. The van der Waals surface area contributed by atoms with E-state index in [2.05, 4.69) is 14.5 Å². The van der Waals surface area contributed by atoms with E-state index >= 15 is 0 Å². The first-order chi connectivity index (χ1) is 13.8. The van der Waals surface area contributed by atoms with Gasteiger partial charge in [-0.3, -0.25) is 14.4 Å². The van der Waals surface area contributed by atoms with Gasteiger partial charge in [0.15, 0.2) is 0 Å². The van der Waals surface area contributed by atoms with E-state index in [0.717, 1.165) is 83.2 Å². The molecule has 0 bridgehead atoms. The molecular formula is C21H31N3O4S. The Kier molecular flexibility index (Phi) is 5.75. The fourth-order valence-corrected chi connectivity index (χ4v) is 5.53. The Hall–Kier alpha value is -1.80. The molecule has 1 aromatic rings. The second kappa shape index (κ2) is 8.14. The summed E-state index contributed by atoms with van der Waals surface area (Å²) in [7, 11) is -3.25. The zero-order valence-electron chi connectivity index (χ0n) is 17.1. The minimum atomic E-state index is -3.25. The van der Waals surface area contributed by atoms with Gasteiger partial charge in [0.05, 0.1) is 11.7 Å². The van der Waals surface area contributed by atoms with Crippen molar-refractivity contribution in [2.24, 2.45) is 5.41 Å². The fraction of sp³-hybridized carbons (Fsp3) is 0.667. The molecule has 0 radical (unpaired) electrons. The first kappa shape index (κ1) is 20.5. The Balaban J connectivity index is 1.22. The molecule has 3 aliphatic rings. The largest absolute Gasteiger partial charge is 0.462 e. The number of sulfonamides is 1. The Labute approximate surface area is 173 Å². The van der Waals surface area contributed by atoms with Gasteiger partial charge in [0.25, 0.3) is 0 Å². The van der Waals surface area contributed by atoms with Gasteiger partial charge in [0, 0.05) is 50.5 Å². The number of rotatable bonds is 6. The zero-order valence-corrected chi connectivity index (χ0v) is 17.9. The number of ether oxygens (including phenoxy) is 1. The lowest BCUT2D eigenvalue weighted by molar-refractivity contribution is -0.148. The second-order valence-corrected chi connectivity index (χ2v) is 10.5. The maximum Gasteiger partial charge on any atom is 0.312 e. The Bertz CT molecular complexity index is 826. The van der Waals surface area contributed by atoms with Crippen molar-refractivity contribution in [1.82, 2.24) is 4.90 Å². The third kappa shape index (κ3) is 4.86. The van der Waals surface area contributed by atoms with Crippen LogP contribution in [-0.4, -0.2) is 64.4 Å². The lowest BCUT2D eigenvalue weighted by Gasteiger charge is -2.36. The molecular weight excluding hydrogens is 390 g/mol. The quantitative estimate of drug-likeness (QED) is 0.711. The summed E-state index contributed by atoms with van der Waals surface area (Å²) in [5.41, 5.74) is 1.54. The van der Waals surface area contributed by atoms with Crippen molar-refractivity contribution < 1.29 is 17.9 Å². The zero-order chi connectivity index (χ0) is 20.5. The van der Waals surface area contributed by atoms with E-state index in [4.69, 9.17) is 4.74 Å². The fourth-order valence-electron chi connectivity index (χ4n) is 4.97. The molecule has 1 spiro atoms. The van der Waals surface area contributed by atoms with Crippen molar-refractivity contribution >= 4 is 27.4 Å². The van der Waals surface area contributed by atoms with Crippen LogP contribution in [0.2, 0.25) is 0 Å². The smallest absolute Gasteiger partial charge is 0.312 e. The van der Waals surface area contributed by atoms with Gasteiger partial charge in [0.2, 0.25) is 10.0 Å². The van der Waals surface area contributed by atoms with Crippen molar-refractivity contribution in [3.8, 4) is 0 Å². The lowest BCUT2D eigenvalue weighted by Crippen LogP contribution is -2.47. The molecule has 0 amide bonds. The topological polar surface area (TPSA) is 79.0 Å². The summed E-state index contributed by atoms with van der Waals surface area (Å²) < 4.78 is 30.8. The standard InChI is InChI=1S/C21H31N3O4S/c1-29(26,27)22-17-4-6-18(7-5-17)24-14-12-23(13-15-24)11-8-19-16-21(20(25)28-19)9-2-3-10-21/h4-7,19,22H,2-3,8-16H2,1H3. The molecule has 8 heteroatoms. The Morgan fingerprint density at radius 2 is 1.76 bits per heavy atom. The number of hydrogen-bond acceptors (Lipinski definition) is 6. The van der Waals surface area contributed by atoms with Gasteiger partial charge >= 0.3 is 5.97 Å². The van der Waals surface area contributed by atoms with Crippen LogP contribution in [0.3, 0.4) is 0 Å². The SMILES string of the molecule is CS(=O)(=O)Nc1ccc(N2CCN(CCC3CC4(CCCC4)C(=O)O3)CC2)cc1. The first-order valence-corrected chi connectivity index (χ1v) is 12.5. The number of nitrogens with zero attached hydrogens (tertiary/aromatic N) is 2. The number of piperazine rings is 1. The van der Waals surface area contributed by atoms with Crippen LogP contribution in [0.4, 0.5) is 11.4 Å². The lowest BCUT2D eigenvalue weighted by atomic mass is 9.83. The van der Waals surface area contributed by atoms with E-state index in [1.54, 1.807) is 12.1 Å². The highest BCUT2D eigenvalue weighted by molar-refractivity contribution is 7.92. The molecule has 1 atom stereocenters. The van der Waals surface area contributed by atoms with Crippen LogP contribution in [0.1, 0.15) is 38.5 Å². The monoisotopic (exact) mass is 421 g/mol. The molecule has 3 fully saturated rings. The summed E-state index contributed by atoms with van der Waals surface area (Å²) in [5, 5.41) is 0. The maximum absolute atomic E-state index is 12.3. The summed E-state index contributed by atoms with van der Waals surface area (Å²) in [6, 6.07) is 7.52. The van der Waals surface area contributed by atoms with E-state index in [1.807, 2.05) is 12.1 Å². The number of benzene rings is 1. The minimum absolute atomic E-state index is 0.0543. The summed E-state index contributed by atoms with van der Waals surface area (Å²) in [6.07, 6.45) is 7.44. The minimum Gasteiger partial charge on any atom is -0.462 e. The molecule has 160 valence electrons. The summed E-state index contributed by atoms with van der Waals surface area (Å²) in [5.74, 6) is 0.0543. The van der Waals surface area contributed by atoms with Gasteiger partial charge in [0.1, 0.15) is 6.10 Å². The summed E-state index contributed by atoms with van der Waals surface area (Å²) in [4.78, 5) is 17.1. The van der Waals surface area contributed by atoms with Crippen LogP contribution in [0.25, 0.3) is 0 Å². The number of hydrogen-bond donors (Lipinski definition) is 1. The van der Waals surface area contributed by atoms with Gasteiger partial charge in [-0.15, -0.1) is 0 Å². The van der Waals surface area contributed by atoms with Gasteiger partial charge < -0.3 is 9.64 Å². The number of carbonyl (C=O) groups is 1. The average Bonchev–Trinajstić information content (AvgIpc) is 3.27. The predicted molar refractivity (Wildman–Crippen MR) is 114 cm³/mol. The maximum atomic E-state index is 12.3. The molecule has 4 rings (SSSR count). The molecule has 29 heavy (non-hydrogen) atoms. The van der Waals surface area contributed by atoms with Gasteiger partial charge in [-0.05, 0) is 43.5 Å². The third-order valence-corrected chi connectivity index (χ3v) is 7.17. The predicted octanol–water partition coefficient (Wildman–Crippen LogP) is 2.45. The van der Waals surface area contributed by atoms with Crippen LogP contribution < -0.4 is 9.62 Å². The van der Waals surface area contributed by atoms with Crippen LogP contribution in [0, 0.1) is 5.41 Å². The van der Waals surface area contributed by atoms with E-state index in [1.165, 1.54) is 0 Å². The van der Waals surface area contributed by atoms with E-state index in [0.29, 0.717) is 5.69 Å². The first-order valence-electron chi connectivity index (χ1n) is 10.6. The van der Waals surface area contributed by atoms with Crippen LogP contribution >= 0.6 is 0 Å². The molecule has 1 saturated carbocycles. The molecule has 2 aliphatic heterocycles. The summed E-state index contributed by atoms with van der Waals surface area (Å²) >= 11 is 0. The molecule has 1 aliphatic carbocycles. The number of cyclic esters (lactones) is 1. The van der Waals surface area contributed by atoms with Crippen molar-refractivity contribution in [2.75, 3.05) is 48.6 Å². The van der Waals surface area contributed by atoms with Gasteiger partial charge in [-0.25, -0.2) is 8.42 Å². The Morgan fingerprint density at radius 3 is 2.38 bits per heavy atom. The summed E-state index contributed by atoms with van der Waals surface area (Å²) in [6.45, 7) is 4.81. The van der Waals surface area contributed by atoms with Crippen molar-refractivity contribution in [1.29, 1.82) is 0 Å². The van der Waals surface area contributed by atoms with E-state index in [-0.39, 0.29) is 17.5 Å². The molecule has 2 saturated heterocycles. The van der Waals surface area contributed by atoms with Crippen LogP contribution in [-0.2, 0) is 19.6 Å². The Morgan fingerprint density at radius 1 is 1.10 bits per heavy atom. The van der Waals surface area contributed by atoms with Gasteiger partial charge in [-0.1, -0.05) is 12.8 Å². The van der Waals surface area contributed by atoms with Gasteiger partial charge in [-0.2, -0.15) is 0 Å². The van der Waals surface area contributed by atoms with Crippen molar-refractivity contribution in [3.05, 3.63) is 24.3 Å². The highest BCUT2D eigenvalue weighted by Gasteiger charge is 2.50. The number of nitrogens with one attached hydrogen (secondary N) is 1. The molecule has 7 nitrogen and oxygen atoms in total. The number of esters is 1. The highest BCUT2D eigenvalue weighted by atomic mass is 32.2. The molecule has 0 aromatic heterocycles. The molecule has 2 heterocycles. The van der Waals surface area contributed by atoms with Crippen LogP contribution in [0.5, 0.6) is 0 Å². The highest BCUT2D eigenvalue weighted by Crippen LogP contribution is 2.48. The van der Waals surface area contributed by atoms with E-state index < -0.39 is 10.0 Å². The van der Waals surface area contributed by atoms with E-state index in [9.17, 15) is 13.2 Å². The van der Waals surface area contributed by atoms with Crippen molar-refractivity contribution in [3.63, 3.8) is 0 Å². The number of anilines is 2. The average molecular weight is 422 g/mol. The molecule has 1 unspecified atom stereocenters. The van der Waals surface area contributed by atoms with Crippen LogP contribution in [0.15, 0.2) is 24.3 Å². The molecule has 1 N–H and O–H groups in total. The molecule has 1 aromatic carbocycles.